The maximum atomic E-state index is 9.41. The van der Waals surface area contributed by atoms with Crippen molar-refractivity contribution < 1.29 is 10.2 Å². The molecule has 1 saturated heterocycles. The molecule has 2 heterocycles. The zero-order chi connectivity index (χ0) is 10.8. The SMILES string of the molecule is CCn1cncc1CN1C[C@@H](O)[C@@H](O)C1. The number of rotatable bonds is 3. The molecule has 0 unspecified atom stereocenters. The molecule has 2 rings (SSSR count). The molecule has 0 aliphatic carbocycles. The van der Waals surface area contributed by atoms with Crippen LogP contribution in [0.2, 0.25) is 0 Å². The number of hydrogen-bond acceptors (Lipinski definition) is 4. The van der Waals surface area contributed by atoms with Crippen molar-refractivity contribution in [3.8, 4) is 0 Å². The zero-order valence-corrected chi connectivity index (χ0v) is 8.87. The van der Waals surface area contributed by atoms with Crippen molar-refractivity contribution in [3.63, 3.8) is 0 Å². The summed E-state index contributed by atoms with van der Waals surface area (Å²) in [4.78, 5) is 6.12. The molecular weight excluding hydrogens is 194 g/mol. The maximum absolute atomic E-state index is 9.41. The predicted octanol–water partition coefficient (Wildman–Crippen LogP) is -0.560. The molecule has 0 radical (unpaired) electrons. The number of aromatic nitrogens is 2. The minimum absolute atomic E-state index is 0.538. The molecule has 0 aromatic carbocycles. The van der Waals surface area contributed by atoms with Crippen molar-refractivity contribution in [3.05, 3.63) is 18.2 Å². The average Bonchev–Trinajstić information content (AvgIpc) is 2.75. The molecule has 0 spiro atoms. The smallest absolute Gasteiger partial charge is 0.0948 e. The first-order valence-corrected chi connectivity index (χ1v) is 5.28. The van der Waals surface area contributed by atoms with E-state index < -0.39 is 12.2 Å². The van der Waals surface area contributed by atoms with E-state index >= 15 is 0 Å². The Kier molecular flexibility index (Phi) is 3.04. The van der Waals surface area contributed by atoms with Gasteiger partial charge in [-0.1, -0.05) is 0 Å². The second-order valence-corrected chi connectivity index (χ2v) is 4.00. The zero-order valence-electron chi connectivity index (χ0n) is 8.87. The number of aryl methyl sites for hydroxylation is 1. The Morgan fingerprint density at radius 2 is 2.07 bits per heavy atom. The maximum Gasteiger partial charge on any atom is 0.0948 e. The third-order valence-corrected chi connectivity index (χ3v) is 2.86. The molecule has 15 heavy (non-hydrogen) atoms. The summed E-state index contributed by atoms with van der Waals surface area (Å²) in [7, 11) is 0. The molecule has 0 amide bonds. The first-order chi connectivity index (χ1) is 7.20. The van der Waals surface area contributed by atoms with Crippen LogP contribution in [0.1, 0.15) is 12.6 Å². The molecule has 5 heteroatoms. The third-order valence-electron chi connectivity index (χ3n) is 2.86. The first-order valence-electron chi connectivity index (χ1n) is 5.28. The van der Waals surface area contributed by atoms with Gasteiger partial charge in [-0.15, -0.1) is 0 Å². The van der Waals surface area contributed by atoms with Crippen LogP contribution in [0.3, 0.4) is 0 Å². The monoisotopic (exact) mass is 211 g/mol. The van der Waals surface area contributed by atoms with Gasteiger partial charge in [-0.25, -0.2) is 4.98 Å². The Morgan fingerprint density at radius 3 is 2.67 bits per heavy atom. The van der Waals surface area contributed by atoms with Gasteiger partial charge in [-0.2, -0.15) is 0 Å². The fourth-order valence-corrected chi connectivity index (χ4v) is 1.97. The summed E-state index contributed by atoms with van der Waals surface area (Å²) in [5.41, 5.74) is 1.12. The lowest BCUT2D eigenvalue weighted by molar-refractivity contribution is 0.0572. The van der Waals surface area contributed by atoms with Crippen molar-refractivity contribution in [1.29, 1.82) is 0 Å². The Morgan fingerprint density at radius 1 is 1.40 bits per heavy atom. The van der Waals surface area contributed by atoms with Gasteiger partial charge < -0.3 is 14.8 Å². The number of nitrogens with zero attached hydrogens (tertiary/aromatic N) is 3. The van der Waals surface area contributed by atoms with E-state index in [1.54, 1.807) is 6.33 Å². The van der Waals surface area contributed by atoms with Gasteiger partial charge in [0, 0.05) is 32.4 Å². The van der Waals surface area contributed by atoms with Crippen molar-refractivity contribution in [2.75, 3.05) is 13.1 Å². The fourth-order valence-electron chi connectivity index (χ4n) is 1.97. The molecule has 1 aromatic rings. The summed E-state index contributed by atoms with van der Waals surface area (Å²) >= 11 is 0. The Labute approximate surface area is 89.0 Å². The highest BCUT2D eigenvalue weighted by molar-refractivity contribution is 4.99. The van der Waals surface area contributed by atoms with Crippen LogP contribution in [0.5, 0.6) is 0 Å². The molecular formula is C10H17N3O2. The molecule has 0 bridgehead atoms. The van der Waals surface area contributed by atoms with E-state index in [-0.39, 0.29) is 0 Å². The molecule has 1 aromatic heterocycles. The quantitative estimate of drug-likeness (QED) is 0.703. The number of β-amino-alcohol motifs (C(OH)–C–C–N with tert-alkyl or cyclic N) is 2. The summed E-state index contributed by atoms with van der Waals surface area (Å²) in [6.07, 6.45) is 2.42. The normalized spacial score (nSPS) is 27.4. The summed E-state index contributed by atoms with van der Waals surface area (Å²) in [6, 6.07) is 0. The number of imidazole rings is 1. The summed E-state index contributed by atoms with van der Waals surface area (Å²) < 4.78 is 2.07. The molecule has 1 aliphatic heterocycles. The molecule has 2 atom stereocenters. The molecule has 5 nitrogen and oxygen atoms in total. The fraction of sp³-hybridized carbons (Fsp3) is 0.700. The van der Waals surface area contributed by atoms with E-state index in [1.807, 2.05) is 11.1 Å². The Balaban J connectivity index is 1.98. The van der Waals surface area contributed by atoms with Gasteiger partial charge in [0.15, 0.2) is 0 Å². The standard InChI is InChI=1S/C10H17N3O2/c1-2-13-7-11-3-8(13)4-12-5-9(14)10(15)6-12/h3,7,9-10,14-15H,2,4-6H2,1H3/t9-,10+. The molecule has 84 valence electrons. The van der Waals surface area contributed by atoms with E-state index in [0.29, 0.717) is 13.1 Å². The topological polar surface area (TPSA) is 61.5 Å². The minimum atomic E-state index is -0.608. The highest BCUT2D eigenvalue weighted by atomic mass is 16.3. The third kappa shape index (κ3) is 2.19. The summed E-state index contributed by atoms with van der Waals surface area (Å²) in [6.45, 7) is 4.78. The molecule has 1 fully saturated rings. The van der Waals surface area contributed by atoms with Crippen LogP contribution in [0.4, 0.5) is 0 Å². The molecule has 1 aliphatic rings. The van der Waals surface area contributed by atoms with Gasteiger partial charge in [0.05, 0.1) is 24.2 Å². The van der Waals surface area contributed by atoms with Gasteiger partial charge >= 0.3 is 0 Å². The number of likely N-dealkylation sites (tertiary alicyclic amines) is 1. The van der Waals surface area contributed by atoms with Gasteiger partial charge in [0.1, 0.15) is 0 Å². The van der Waals surface area contributed by atoms with Crippen LogP contribution >= 0.6 is 0 Å². The molecule has 0 saturated carbocycles. The number of aliphatic hydroxyl groups excluding tert-OH is 2. The van der Waals surface area contributed by atoms with E-state index in [4.69, 9.17) is 0 Å². The lowest BCUT2D eigenvalue weighted by Gasteiger charge is -2.15. The van der Waals surface area contributed by atoms with E-state index in [9.17, 15) is 10.2 Å². The van der Waals surface area contributed by atoms with E-state index in [0.717, 1.165) is 18.8 Å². The van der Waals surface area contributed by atoms with Crippen LogP contribution < -0.4 is 0 Å². The van der Waals surface area contributed by atoms with Crippen LogP contribution in [0.25, 0.3) is 0 Å². The van der Waals surface area contributed by atoms with Crippen molar-refractivity contribution in [2.24, 2.45) is 0 Å². The predicted molar refractivity (Wildman–Crippen MR) is 55.2 cm³/mol. The van der Waals surface area contributed by atoms with Crippen LogP contribution in [-0.2, 0) is 13.1 Å². The van der Waals surface area contributed by atoms with Gasteiger partial charge in [-0.3, -0.25) is 4.90 Å². The van der Waals surface area contributed by atoms with Gasteiger partial charge in [-0.05, 0) is 6.92 Å². The average molecular weight is 211 g/mol. The van der Waals surface area contributed by atoms with Crippen LogP contribution in [0.15, 0.2) is 12.5 Å². The number of aliphatic hydroxyl groups is 2. The highest BCUT2D eigenvalue weighted by Crippen LogP contribution is 2.13. The second-order valence-electron chi connectivity index (χ2n) is 4.00. The largest absolute Gasteiger partial charge is 0.389 e. The second kappa shape index (κ2) is 4.30. The lowest BCUT2D eigenvalue weighted by Crippen LogP contribution is -2.22. The van der Waals surface area contributed by atoms with E-state index in [2.05, 4.69) is 16.5 Å². The first kappa shape index (κ1) is 10.6. The minimum Gasteiger partial charge on any atom is -0.389 e. The Bertz CT molecular complexity index is 316. The van der Waals surface area contributed by atoms with Gasteiger partial charge in [0.25, 0.3) is 0 Å². The van der Waals surface area contributed by atoms with Gasteiger partial charge in [0.2, 0.25) is 0 Å². The highest BCUT2D eigenvalue weighted by Gasteiger charge is 2.29. The van der Waals surface area contributed by atoms with Crippen molar-refractivity contribution >= 4 is 0 Å². The summed E-state index contributed by atoms with van der Waals surface area (Å²) in [5.74, 6) is 0. The Hall–Kier alpha value is -0.910. The lowest BCUT2D eigenvalue weighted by atomic mass is 10.3. The van der Waals surface area contributed by atoms with Crippen molar-refractivity contribution in [1.82, 2.24) is 14.5 Å². The summed E-state index contributed by atoms with van der Waals surface area (Å²) in [5, 5.41) is 18.8. The van der Waals surface area contributed by atoms with Crippen molar-refractivity contribution in [2.45, 2.75) is 32.2 Å². The van der Waals surface area contributed by atoms with Crippen LogP contribution in [0, 0.1) is 0 Å². The van der Waals surface area contributed by atoms with Crippen LogP contribution in [-0.4, -0.2) is 50.0 Å². The van der Waals surface area contributed by atoms with E-state index in [1.165, 1.54) is 0 Å². The number of hydrogen-bond donors (Lipinski definition) is 2. The molecule has 2 N–H and O–H groups in total.